The summed E-state index contributed by atoms with van der Waals surface area (Å²) in [7, 11) is 0. The summed E-state index contributed by atoms with van der Waals surface area (Å²) < 4.78 is 40.3. The van der Waals surface area contributed by atoms with E-state index in [1.54, 1.807) is 29.5 Å². The standard InChI is InChI=1S/C8H6ClF3INO/c1-4-2-5(13)7(6(3-9)14-4)15-8(10,11)12/h2H,3H2,1H3. The number of aryl methyl sites for hydroxylation is 1. The fourth-order valence-corrected chi connectivity index (χ4v) is 2.05. The van der Waals surface area contributed by atoms with E-state index in [2.05, 4.69) is 9.72 Å². The maximum atomic E-state index is 12.0. The Morgan fingerprint density at radius 3 is 2.60 bits per heavy atom. The third-order valence-corrected chi connectivity index (χ3v) is 2.52. The first-order chi connectivity index (χ1) is 6.83. The molecule has 0 aliphatic carbocycles. The van der Waals surface area contributed by atoms with E-state index in [4.69, 9.17) is 11.6 Å². The van der Waals surface area contributed by atoms with Crippen LogP contribution >= 0.6 is 34.2 Å². The fraction of sp³-hybridized carbons (Fsp3) is 0.375. The Morgan fingerprint density at radius 2 is 2.13 bits per heavy atom. The van der Waals surface area contributed by atoms with Crippen LogP contribution in [0, 0.1) is 10.5 Å². The van der Waals surface area contributed by atoms with Gasteiger partial charge >= 0.3 is 6.36 Å². The molecule has 7 heteroatoms. The van der Waals surface area contributed by atoms with Gasteiger partial charge in [-0.2, -0.15) is 0 Å². The zero-order valence-corrected chi connectivity index (χ0v) is 10.4. The van der Waals surface area contributed by atoms with Crippen molar-refractivity contribution >= 4 is 34.2 Å². The maximum absolute atomic E-state index is 12.0. The molecule has 1 aromatic rings. The van der Waals surface area contributed by atoms with E-state index in [9.17, 15) is 13.2 Å². The minimum absolute atomic E-state index is 0.0957. The molecule has 0 spiro atoms. The SMILES string of the molecule is Cc1cc(I)c(OC(F)(F)F)c(CCl)n1. The quantitative estimate of drug-likeness (QED) is 0.600. The number of rotatable bonds is 2. The molecule has 0 fully saturated rings. The van der Waals surface area contributed by atoms with Crippen molar-refractivity contribution in [3.8, 4) is 5.75 Å². The predicted molar refractivity (Wildman–Crippen MR) is 57.9 cm³/mol. The van der Waals surface area contributed by atoms with E-state index >= 15 is 0 Å². The third kappa shape index (κ3) is 3.67. The van der Waals surface area contributed by atoms with Crippen molar-refractivity contribution in [1.29, 1.82) is 0 Å². The van der Waals surface area contributed by atoms with Crippen LogP contribution < -0.4 is 4.74 Å². The van der Waals surface area contributed by atoms with Gasteiger partial charge < -0.3 is 4.74 Å². The summed E-state index contributed by atoms with van der Waals surface area (Å²) in [4.78, 5) is 3.87. The summed E-state index contributed by atoms with van der Waals surface area (Å²) in [5.74, 6) is -0.438. The van der Waals surface area contributed by atoms with Crippen LogP contribution in [-0.4, -0.2) is 11.3 Å². The molecule has 0 saturated carbocycles. The monoisotopic (exact) mass is 351 g/mol. The zero-order valence-electron chi connectivity index (χ0n) is 7.53. The second-order valence-electron chi connectivity index (χ2n) is 2.70. The molecule has 0 atom stereocenters. The van der Waals surface area contributed by atoms with Crippen LogP contribution in [-0.2, 0) is 5.88 Å². The molecule has 0 aromatic carbocycles. The third-order valence-electron chi connectivity index (χ3n) is 1.47. The van der Waals surface area contributed by atoms with Gasteiger partial charge in [-0.25, -0.2) is 0 Å². The molecule has 0 unspecified atom stereocenters. The molecule has 1 aromatic heterocycles. The molecule has 0 amide bonds. The van der Waals surface area contributed by atoms with Crippen LogP contribution in [0.2, 0.25) is 0 Å². The van der Waals surface area contributed by atoms with E-state index in [1.807, 2.05) is 0 Å². The van der Waals surface area contributed by atoms with Crippen molar-refractivity contribution in [3.63, 3.8) is 0 Å². The molecule has 1 rings (SSSR count). The van der Waals surface area contributed by atoms with Crippen molar-refractivity contribution in [2.45, 2.75) is 19.2 Å². The number of halogens is 5. The first-order valence-corrected chi connectivity index (χ1v) is 5.42. The van der Waals surface area contributed by atoms with Gasteiger partial charge in [-0.3, -0.25) is 4.98 Å². The molecule has 84 valence electrons. The van der Waals surface area contributed by atoms with Gasteiger partial charge in [0.1, 0.15) is 0 Å². The second kappa shape index (κ2) is 4.73. The average Bonchev–Trinajstić information content (AvgIpc) is 2.07. The second-order valence-corrected chi connectivity index (χ2v) is 4.13. The van der Waals surface area contributed by atoms with E-state index in [0.29, 0.717) is 9.26 Å². The number of hydrogen-bond donors (Lipinski definition) is 0. The highest BCUT2D eigenvalue weighted by Gasteiger charge is 2.33. The molecule has 0 radical (unpaired) electrons. The van der Waals surface area contributed by atoms with Crippen LogP contribution in [0.15, 0.2) is 6.07 Å². The summed E-state index contributed by atoms with van der Waals surface area (Å²) in [5.41, 5.74) is 0.697. The Morgan fingerprint density at radius 1 is 1.53 bits per heavy atom. The zero-order chi connectivity index (χ0) is 11.6. The lowest BCUT2D eigenvalue weighted by Crippen LogP contribution is -2.19. The van der Waals surface area contributed by atoms with Crippen molar-refractivity contribution in [2.24, 2.45) is 0 Å². The van der Waals surface area contributed by atoms with Crippen molar-refractivity contribution in [1.82, 2.24) is 4.98 Å². The van der Waals surface area contributed by atoms with Crippen molar-refractivity contribution in [2.75, 3.05) is 0 Å². The molecule has 0 saturated heterocycles. The Hall–Kier alpha value is -0.240. The van der Waals surface area contributed by atoms with E-state index in [1.165, 1.54) is 6.07 Å². The van der Waals surface area contributed by atoms with Gasteiger partial charge in [-0.1, -0.05) is 0 Å². The number of hydrogen-bond acceptors (Lipinski definition) is 2. The molecule has 2 nitrogen and oxygen atoms in total. The highest BCUT2D eigenvalue weighted by Crippen LogP contribution is 2.31. The largest absolute Gasteiger partial charge is 0.573 e. The summed E-state index contributed by atoms with van der Waals surface area (Å²) in [6, 6.07) is 1.50. The number of nitrogens with zero attached hydrogens (tertiary/aromatic N) is 1. The van der Waals surface area contributed by atoms with Gasteiger partial charge in [0.05, 0.1) is 15.1 Å². The first kappa shape index (κ1) is 12.8. The van der Waals surface area contributed by atoms with Crippen molar-refractivity contribution in [3.05, 3.63) is 21.0 Å². The Kier molecular flexibility index (Phi) is 4.05. The minimum Gasteiger partial charge on any atom is -0.403 e. The molecule has 0 aliphatic rings. The van der Waals surface area contributed by atoms with Gasteiger partial charge in [0, 0.05) is 5.69 Å². The van der Waals surface area contributed by atoms with Gasteiger partial charge in [0.25, 0.3) is 0 Å². The van der Waals surface area contributed by atoms with E-state index in [0.717, 1.165) is 0 Å². The molecular weight excluding hydrogens is 345 g/mol. The number of ether oxygens (including phenoxy) is 1. The summed E-state index contributed by atoms with van der Waals surface area (Å²) >= 11 is 7.24. The maximum Gasteiger partial charge on any atom is 0.573 e. The summed E-state index contributed by atoms with van der Waals surface area (Å²) in [6.07, 6.45) is -4.72. The molecule has 1 heterocycles. The average molecular weight is 351 g/mol. The molecule has 0 aliphatic heterocycles. The van der Waals surface area contributed by atoms with Gasteiger partial charge in [0.15, 0.2) is 5.75 Å². The molecule has 0 bridgehead atoms. The lowest BCUT2D eigenvalue weighted by atomic mass is 10.3. The van der Waals surface area contributed by atoms with E-state index in [-0.39, 0.29) is 17.3 Å². The Balaban J connectivity index is 3.15. The summed E-state index contributed by atoms with van der Waals surface area (Å²) in [6.45, 7) is 1.68. The smallest absolute Gasteiger partial charge is 0.403 e. The lowest BCUT2D eigenvalue weighted by Gasteiger charge is -2.13. The molecule has 0 N–H and O–H groups in total. The predicted octanol–water partition coefficient (Wildman–Crippen LogP) is 3.63. The van der Waals surface area contributed by atoms with Crippen LogP contribution in [0.1, 0.15) is 11.4 Å². The highest BCUT2D eigenvalue weighted by molar-refractivity contribution is 14.1. The number of alkyl halides is 4. The van der Waals surface area contributed by atoms with Gasteiger partial charge in [-0.05, 0) is 35.6 Å². The van der Waals surface area contributed by atoms with Crippen LogP contribution in [0.3, 0.4) is 0 Å². The van der Waals surface area contributed by atoms with Gasteiger partial charge in [-0.15, -0.1) is 24.8 Å². The molecular formula is C8H6ClF3INO. The topological polar surface area (TPSA) is 22.1 Å². The normalized spacial score (nSPS) is 11.6. The van der Waals surface area contributed by atoms with Crippen LogP contribution in [0.25, 0.3) is 0 Å². The minimum atomic E-state index is -4.72. The fourth-order valence-electron chi connectivity index (χ4n) is 0.997. The molecule has 15 heavy (non-hydrogen) atoms. The Bertz CT molecular complexity index is 370. The van der Waals surface area contributed by atoms with E-state index < -0.39 is 6.36 Å². The van der Waals surface area contributed by atoms with Crippen LogP contribution in [0.4, 0.5) is 13.2 Å². The highest BCUT2D eigenvalue weighted by atomic mass is 127. The Labute approximate surface area is 103 Å². The number of pyridine rings is 1. The lowest BCUT2D eigenvalue weighted by molar-refractivity contribution is -0.275. The summed E-state index contributed by atoms with van der Waals surface area (Å²) in [5, 5.41) is 0. The number of aromatic nitrogens is 1. The van der Waals surface area contributed by atoms with Gasteiger partial charge in [0.2, 0.25) is 0 Å². The van der Waals surface area contributed by atoms with Crippen molar-refractivity contribution < 1.29 is 17.9 Å². The van der Waals surface area contributed by atoms with Crippen LogP contribution in [0.5, 0.6) is 5.75 Å². The first-order valence-electron chi connectivity index (χ1n) is 3.81.